The number of nitrogen functional groups attached to an aromatic ring is 1. The molecule has 1 amide bonds. The number of carbonyl (C=O) groups is 1. The summed E-state index contributed by atoms with van der Waals surface area (Å²) < 4.78 is 0. The zero-order chi connectivity index (χ0) is 12.3. The minimum atomic E-state index is -0.238. The number of nitrogens with two attached hydrogens (primary N) is 1. The summed E-state index contributed by atoms with van der Waals surface area (Å²) in [7, 11) is 2.14. The van der Waals surface area contributed by atoms with Gasteiger partial charge >= 0.3 is 0 Å². The number of hydrogen-bond acceptors (Lipinski definition) is 3. The van der Waals surface area contributed by atoms with Crippen LogP contribution >= 0.6 is 0 Å². The molecule has 1 aliphatic rings. The first-order chi connectivity index (χ1) is 8.20. The topological polar surface area (TPSA) is 58.4 Å². The predicted molar refractivity (Wildman–Crippen MR) is 67.2 cm³/mol. The third-order valence-electron chi connectivity index (χ3n) is 3.45. The normalized spacial score (nSPS) is 15.7. The van der Waals surface area contributed by atoms with Gasteiger partial charge in [0.05, 0.1) is 0 Å². The summed E-state index contributed by atoms with van der Waals surface area (Å²) >= 11 is 0. The molecule has 1 saturated carbocycles. The lowest BCUT2D eigenvalue weighted by Crippen LogP contribution is -2.36. The van der Waals surface area contributed by atoms with Crippen LogP contribution in [0.25, 0.3) is 0 Å². The van der Waals surface area contributed by atoms with Crippen molar-refractivity contribution >= 4 is 5.91 Å². The maximum absolute atomic E-state index is 11.4. The Hall–Kier alpha value is -1.39. The van der Waals surface area contributed by atoms with Crippen LogP contribution in [0.4, 0.5) is 0 Å². The highest BCUT2D eigenvalue weighted by Crippen LogP contribution is 2.24. The molecule has 92 valence electrons. The number of nitrogens with one attached hydrogen (secondary N) is 1. The number of hydrazine groups is 1. The van der Waals surface area contributed by atoms with Crippen molar-refractivity contribution in [2.45, 2.75) is 31.8 Å². The summed E-state index contributed by atoms with van der Waals surface area (Å²) in [5.41, 5.74) is 3.93. The molecular formula is C13H19N3O. The molecule has 0 aliphatic heterocycles. The van der Waals surface area contributed by atoms with E-state index in [9.17, 15) is 4.79 Å². The fourth-order valence-electron chi connectivity index (χ4n) is 2.14. The van der Waals surface area contributed by atoms with Crippen molar-refractivity contribution in [1.82, 2.24) is 10.3 Å². The van der Waals surface area contributed by atoms with Crippen LogP contribution in [0.1, 0.15) is 35.2 Å². The second kappa shape index (κ2) is 5.29. The third kappa shape index (κ3) is 2.84. The fraction of sp³-hybridized carbons (Fsp3) is 0.462. The molecule has 2 rings (SSSR count). The monoisotopic (exact) mass is 233 g/mol. The van der Waals surface area contributed by atoms with E-state index >= 15 is 0 Å². The molecule has 0 aromatic heterocycles. The molecule has 4 nitrogen and oxygen atoms in total. The van der Waals surface area contributed by atoms with E-state index in [1.54, 1.807) is 6.07 Å². The van der Waals surface area contributed by atoms with Crippen molar-refractivity contribution in [3.05, 3.63) is 35.4 Å². The average Bonchev–Trinajstić information content (AvgIpc) is 2.26. The van der Waals surface area contributed by atoms with Crippen LogP contribution in [0, 0.1) is 0 Å². The molecule has 1 fully saturated rings. The number of nitrogens with zero attached hydrogens (tertiary/aromatic N) is 1. The van der Waals surface area contributed by atoms with Crippen molar-refractivity contribution in [3.63, 3.8) is 0 Å². The van der Waals surface area contributed by atoms with Crippen LogP contribution in [-0.2, 0) is 6.54 Å². The number of amides is 1. The Bertz CT molecular complexity index is 401. The lowest BCUT2D eigenvalue weighted by molar-refractivity contribution is 0.0953. The van der Waals surface area contributed by atoms with Crippen LogP contribution in [0.2, 0.25) is 0 Å². The number of carbonyl (C=O) groups excluding carboxylic acids is 1. The Balaban J connectivity index is 2.02. The third-order valence-corrected chi connectivity index (χ3v) is 3.45. The van der Waals surface area contributed by atoms with Gasteiger partial charge in [-0.25, -0.2) is 5.84 Å². The Kier molecular flexibility index (Phi) is 3.76. The molecular weight excluding hydrogens is 214 g/mol. The van der Waals surface area contributed by atoms with Crippen molar-refractivity contribution < 1.29 is 4.79 Å². The highest BCUT2D eigenvalue weighted by Gasteiger charge is 2.21. The largest absolute Gasteiger partial charge is 0.299 e. The van der Waals surface area contributed by atoms with Gasteiger partial charge in [-0.15, -0.1) is 0 Å². The summed E-state index contributed by atoms with van der Waals surface area (Å²) in [6.07, 6.45) is 3.92. The molecule has 0 bridgehead atoms. The zero-order valence-corrected chi connectivity index (χ0v) is 10.1. The molecule has 0 radical (unpaired) electrons. The SMILES string of the molecule is CN(Cc1cccc(C(=O)NN)c1)C1CCC1. The van der Waals surface area contributed by atoms with E-state index in [2.05, 4.69) is 17.4 Å². The maximum Gasteiger partial charge on any atom is 0.265 e. The van der Waals surface area contributed by atoms with Crippen molar-refractivity contribution in [1.29, 1.82) is 0 Å². The van der Waals surface area contributed by atoms with Crippen LogP contribution in [0.3, 0.4) is 0 Å². The molecule has 4 heteroatoms. The van der Waals surface area contributed by atoms with E-state index in [0.29, 0.717) is 11.6 Å². The van der Waals surface area contributed by atoms with E-state index in [0.717, 1.165) is 12.1 Å². The van der Waals surface area contributed by atoms with E-state index < -0.39 is 0 Å². The molecule has 3 N–H and O–H groups in total. The first-order valence-corrected chi connectivity index (χ1v) is 6.01. The highest BCUT2D eigenvalue weighted by atomic mass is 16.2. The van der Waals surface area contributed by atoms with Gasteiger partial charge in [-0.2, -0.15) is 0 Å². The van der Waals surface area contributed by atoms with Crippen LogP contribution in [0.5, 0.6) is 0 Å². The van der Waals surface area contributed by atoms with E-state index in [1.165, 1.54) is 19.3 Å². The molecule has 0 spiro atoms. The first kappa shape index (κ1) is 12.1. The zero-order valence-electron chi connectivity index (χ0n) is 10.1. The minimum Gasteiger partial charge on any atom is -0.299 e. The molecule has 0 atom stereocenters. The van der Waals surface area contributed by atoms with Gasteiger partial charge in [-0.05, 0) is 37.6 Å². The standard InChI is InChI=1S/C13H19N3O/c1-16(12-6-3-7-12)9-10-4-2-5-11(8-10)13(17)15-14/h2,4-5,8,12H,3,6-7,9,14H2,1H3,(H,15,17). The quantitative estimate of drug-likeness (QED) is 0.468. The Labute approximate surface area is 102 Å². The summed E-state index contributed by atoms with van der Waals surface area (Å²) in [6.45, 7) is 0.885. The smallest absolute Gasteiger partial charge is 0.265 e. The van der Waals surface area contributed by atoms with Gasteiger partial charge in [0.25, 0.3) is 5.91 Å². The van der Waals surface area contributed by atoms with Gasteiger partial charge in [0.2, 0.25) is 0 Å². The summed E-state index contributed by atoms with van der Waals surface area (Å²) in [6, 6.07) is 8.32. The van der Waals surface area contributed by atoms with E-state index in [-0.39, 0.29) is 5.91 Å². The first-order valence-electron chi connectivity index (χ1n) is 6.01. The fourth-order valence-corrected chi connectivity index (χ4v) is 2.14. The summed E-state index contributed by atoms with van der Waals surface area (Å²) in [5, 5.41) is 0. The van der Waals surface area contributed by atoms with Gasteiger partial charge in [0, 0.05) is 18.2 Å². The molecule has 1 aromatic rings. The van der Waals surface area contributed by atoms with Gasteiger partial charge in [-0.3, -0.25) is 15.1 Å². The van der Waals surface area contributed by atoms with Crippen molar-refractivity contribution in [2.75, 3.05) is 7.05 Å². The van der Waals surface area contributed by atoms with E-state index in [4.69, 9.17) is 5.84 Å². The summed E-state index contributed by atoms with van der Waals surface area (Å²) in [4.78, 5) is 13.8. The Morgan fingerprint density at radius 1 is 1.53 bits per heavy atom. The number of benzene rings is 1. The van der Waals surface area contributed by atoms with Crippen LogP contribution < -0.4 is 11.3 Å². The Morgan fingerprint density at radius 2 is 2.29 bits per heavy atom. The van der Waals surface area contributed by atoms with Gasteiger partial charge < -0.3 is 0 Å². The molecule has 0 saturated heterocycles. The van der Waals surface area contributed by atoms with Crippen LogP contribution in [0.15, 0.2) is 24.3 Å². The van der Waals surface area contributed by atoms with Gasteiger partial charge in [0.1, 0.15) is 0 Å². The average molecular weight is 233 g/mol. The predicted octanol–water partition coefficient (Wildman–Crippen LogP) is 1.27. The van der Waals surface area contributed by atoms with Crippen molar-refractivity contribution in [2.24, 2.45) is 5.84 Å². The molecule has 0 unspecified atom stereocenters. The molecule has 1 aromatic carbocycles. The van der Waals surface area contributed by atoms with Crippen molar-refractivity contribution in [3.8, 4) is 0 Å². The number of hydrogen-bond donors (Lipinski definition) is 2. The van der Waals surface area contributed by atoms with E-state index in [1.807, 2.05) is 18.2 Å². The summed E-state index contributed by atoms with van der Waals surface area (Å²) in [5.74, 6) is 4.89. The molecule has 0 heterocycles. The second-order valence-electron chi connectivity index (χ2n) is 4.67. The maximum atomic E-state index is 11.4. The van der Waals surface area contributed by atoms with Crippen LogP contribution in [-0.4, -0.2) is 23.9 Å². The number of rotatable bonds is 4. The lowest BCUT2D eigenvalue weighted by Gasteiger charge is -2.34. The van der Waals surface area contributed by atoms with Gasteiger partial charge in [0.15, 0.2) is 0 Å². The highest BCUT2D eigenvalue weighted by molar-refractivity contribution is 5.93. The molecule has 1 aliphatic carbocycles. The lowest BCUT2D eigenvalue weighted by atomic mass is 9.91. The Morgan fingerprint density at radius 3 is 2.88 bits per heavy atom. The second-order valence-corrected chi connectivity index (χ2v) is 4.67. The minimum absolute atomic E-state index is 0.238. The molecule has 17 heavy (non-hydrogen) atoms. The van der Waals surface area contributed by atoms with Gasteiger partial charge in [-0.1, -0.05) is 18.6 Å².